The van der Waals surface area contributed by atoms with Gasteiger partial charge in [-0.1, -0.05) is 6.92 Å². The second-order valence-electron chi connectivity index (χ2n) is 4.61. The average Bonchev–Trinajstić information content (AvgIpc) is 2.46. The standard InChI is InChI=1S/C10H19O6P/c1-3-17(12,13)16-9-8-7(2)15-10(9,6-11)4-5-14-8/h7-9,11H,3-6H2,1-2H3,(H,12,13). The highest BCUT2D eigenvalue weighted by molar-refractivity contribution is 7.52. The van der Waals surface area contributed by atoms with Crippen molar-refractivity contribution in [3.63, 3.8) is 0 Å². The van der Waals surface area contributed by atoms with Crippen LogP contribution >= 0.6 is 7.60 Å². The van der Waals surface area contributed by atoms with Gasteiger partial charge in [-0.3, -0.25) is 9.09 Å². The Hall–Kier alpha value is 0.0300. The Morgan fingerprint density at radius 3 is 2.88 bits per heavy atom. The Morgan fingerprint density at radius 2 is 2.29 bits per heavy atom. The fourth-order valence-corrected chi connectivity index (χ4v) is 3.27. The summed E-state index contributed by atoms with van der Waals surface area (Å²) in [7, 11) is -3.63. The molecule has 2 aliphatic heterocycles. The molecule has 0 amide bonds. The van der Waals surface area contributed by atoms with E-state index in [0.29, 0.717) is 13.0 Å². The number of aliphatic hydroxyl groups excluding tert-OH is 1. The number of fused-ring (bicyclic) bond motifs is 2. The summed E-state index contributed by atoms with van der Waals surface area (Å²) in [5.41, 5.74) is -0.893. The first kappa shape index (κ1) is 13.5. The molecule has 0 saturated carbocycles. The largest absolute Gasteiger partial charge is 0.393 e. The first-order valence-electron chi connectivity index (χ1n) is 5.84. The Bertz CT molecular complexity index is 335. The SMILES string of the molecule is CCP(=O)(O)OC1C2OCCC1(CO)OC2C. The van der Waals surface area contributed by atoms with Crippen molar-refractivity contribution < 1.29 is 28.6 Å². The Labute approximate surface area is 100 Å². The van der Waals surface area contributed by atoms with Gasteiger partial charge in [0.1, 0.15) is 17.8 Å². The molecule has 2 rings (SSSR count). The van der Waals surface area contributed by atoms with Crippen molar-refractivity contribution in [1.29, 1.82) is 0 Å². The highest BCUT2D eigenvalue weighted by atomic mass is 31.2. The minimum Gasteiger partial charge on any atom is -0.393 e. The van der Waals surface area contributed by atoms with Gasteiger partial charge in [0.25, 0.3) is 0 Å². The zero-order chi connectivity index (χ0) is 12.7. The van der Waals surface area contributed by atoms with Crippen LogP contribution in [0.15, 0.2) is 0 Å². The summed E-state index contributed by atoms with van der Waals surface area (Å²) in [4.78, 5) is 9.58. The molecule has 2 fully saturated rings. The molecule has 7 heteroatoms. The van der Waals surface area contributed by atoms with E-state index in [0.717, 1.165) is 0 Å². The van der Waals surface area contributed by atoms with Gasteiger partial charge in [0.15, 0.2) is 0 Å². The van der Waals surface area contributed by atoms with Crippen molar-refractivity contribution in [1.82, 2.24) is 0 Å². The highest BCUT2D eigenvalue weighted by Gasteiger charge is 2.59. The Morgan fingerprint density at radius 1 is 1.59 bits per heavy atom. The van der Waals surface area contributed by atoms with E-state index >= 15 is 0 Å². The topological polar surface area (TPSA) is 85.2 Å². The number of ether oxygens (including phenoxy) is 2. The maximum Gasteiger partial charge on any atom is 0.328 e. The lowest BCUT2D eigenvalue weighted by Crippen LogP contribution is -2.52. The van der Waals surface area contributed by atoms with Gasteiger partial charge < -0.3 is 19.5 Å². The molecule has 2 aliphatic rings. The summed E-state index contributed by atoms with van der Waals surface area (Å²) in [6, 6.07) is 0. The molecule has 0 radical (unpaired) electrons. The van der Waals surface area contributed by atoms with Crippen molar-refractivity contribution >= 4 is 7.60 Å². The molecule has 0 aromatic heterocycles. The van der Waals surface area contributed by atoms with Crippen LogP contribution in [0.1, 0.15) is 20.3 Å². The first-order chi connectivity index (χ1) is 7.94. The molecule has 0 aromatic carbocycles. The molecule has 2 heterocycles. The van der Waals surface area contributed by atoms with E-state index in [1.807, 2.05) is 6.92 Å². The van der Waals surface area contributed by atoms with Gasteiger partial charge in [0.2, 0.25) is 0 Å². The minimum absolute atomic E-state index is 0.0338. The number of hydrogen-bond donors (Lipinski definition) is 2. The van der Waals surface area contributed by atoms with Crippen molar-refractivity contribution in [2.45, 2.75) is 44.2 Å². The number of aliphatic hydroxyl groups is 1. The lowest BCUT2D eigenvalue weighted by atomic mass is 9.90. The Balaban J connectivity index is 2.22. The lowest BCUT2D eigenvalue weighted by molar-refractivity contribution is -0.132. The van der Waals surface area contributed by atoms with Gasteiger partial charge in [-0.15, -0.1) is 0 Å². The van der Waals surface area contributed by atoms with E-state index in [4.69, 9.17) is 14.0 Å². The number of rotatable bonds is 4. The molecule has 2 N–H and O–H groups in total. The van der Waals surface area contributed by atoms with Crippen molar-refractivity contribution in [3.05, 3.63) is 0 Å². The molecule has 2 saturated heterocycles. The summed E-state index contributed by atoms with van der Waals surface area (Å²) in [6.45, 7) is 3.64. The van der Waals surface area contributed by atoms with Crippen LogP contribution in [0.25, 0.3) is 0 Å². The third-order valence-electron chi connectivity index (χ3n) is 3.48. The summed E-state index contributed by atoms with van der Waals surface area (Å²) in [6.07, 6.45) is -0.799. The molecule has 2 bridgehead atoms. The predicted molar refractivity (Wildman–Crippen MR) is 60.0 cm³/mol. The van der Waals surface area contributed by atoms with E-state index in [9.17, 15) is 14.6 Å². The van der Waals surface area contributed by atoms with Gasteiger partial charge in [-0.2, -0.15) is 0 Å². The zero-order valence-electron chi connectivity index (χ0n) is 10.0. The van der Waals surface area contributed by atoms with E-state index in [-0.39, 0.29) is 25.0 Å². The van der Waals surface area contributed by atoms with Crippen LogP contribution in [0.4, 0.5) is 0 Å². The van der Waals surface area contributed by atoms with Crippen LogP contribution in [-0.2, 0) is 18.6 Å². The maximum atomic E-state index is 11.7. The monoisotopic (exact) mass is 266 g/mol. The van der Waals surface area contributed by atoms with Crippen molar-refractivity contribution in [2.75, 3.05) is 19.4 Å². The first-order valence-corrected chi connectivity index (χ1v) is 7.61. The third kappa shape index (κ3) is 2.30. The smallest absolute Gasteiger partial charge is 0.328 e. The summed E-state index contributed by atoms with van der Waals surface area (Å²) < 4.78 is 28.2. The maximum absolute atomic E-state index is 11.7. The molecular formula is C10H19O6P. The molecule has 17 heavy (non-hydrogen) atoms. The minimum atomic E-state index is -3.63. The molecule has 0 spiro atoms. The Kier molecular flexibility index (Phi) is 3.65. The summed E-state index contributed by atoms with van der Waals surface area (Å²) >= 11 is 0. The van der Waals surface area contributed by atoms with Crippen LogP contribution in [0.3, 0.4) is 0 Å². The normalized spacial score (nSPS) is 44.6. The summed E-state index contributed by atoms with van der Waals surface area (Å²) in [5, 5.41) is 9.49. The predicted octanol–water partition coefficient (Wildman–Crippen LogP) is 0.516. The molecule has 6 nitrogen and oxygen atoms in total. The van der Waals surface area contributed by atoms with E-state index < -0.39 is 19.3 Å². The van der Waals surface area contributed by atoms with Crippen molar-refractivity contribution in [2.24, 2.45) is 0 Å². The summed E-state index contributed by atoms with van der Waals surface area (Å²) in [5.74, 6) is 0. The zero-order valence-corrected chi connectivity index (χ0v) is 10.9. The average molecular weight is 266 g/mol. The second kappa shape index (κ2) is 4.61. The van der Waals surface area contributed by atoms with Gasteiger partial charge in [0.05, 0.1) is 19.3 Å². The molecule has 100 valence electrons. The number of hydrogen-bond acceptors (Lipinski definition) is 5. The lowest BCUT2D eigenvalue weighted by Gasteiger charge is -2.37. The molecule has 0 aromatic rings. The van der Waals surface area contributed by atoms with Crippen LogP contribution in [-0.4, -0.2) is 53.3 Å². The van der Waals surface area contributed by atoms with Crippen LogP contribution < -0.4 is 0 Å². The molecule has 0 aliphatic carbocycles. The van der Waals surface area contributed by atoms with Crippen LogP contribution in [0, 0.1) is 0 Å². The fourth-order valence-electron chi connectivity index (χ4n) is 2.46. The third-order valence-corrected chi connectivity index (χ3v) is 4.84. The van der Waals surface area contributed by atoms with Gasteiger partial charge in [-0.25, -0.2) is 0 Å². The highest BCUT2D eigenvalue weighted by Crippen LogP contribution is 2.50. The van der Waals surface area contributed by atoms with Gasteiger partial charge in [0, 0.05) is 12.6 Å². The second-order valence-corrected chi connectivity index (χ2v) is 6.73. The van der Waals surface area contributed by atoms with E-state index in [1.165, 1.54) is 0 Å². The van der Waals surface area contributed by atoms with Crippen LogP contribution in [0.2, 0.25) is 0 Å². The van der Waals surface area contributed by atoms with Crippen LogP contribution in [0.5, 0.6) is 0 Å². The quantitative estimate of drug-likeness (QED) is 0.721. The van der Waals surface area contributed by atoms with Gasteiger partial charge in [-0.05, 0) is 6.92 Å². The van der Waals surface area contributed by atoms with Gasteiger partial charge >= 0.3 is 7.60 Å². The molecular weight excluding hydrogens is 247 g/mol. The van der Waals surface area contributed by atoms with E-state index in [2.05, 4.69) is 0 Å². The fraction of sp³-hybridized carbons (Fsp3) is 1.00. The molecule has 5 atom stereocenters. The van der Waals surface area contributed by atoms with Crippen molar-refractivity contribution in [3.8, 4) is 0 Å². The molecule has 5 unspecified atom stereocenters. The van der Waals surface area contributed by atoms with E-state index in [1.54, 1.807) is 6.92 Å².